The molecule has 200 valence electrons. The van der Waals surface area contributed by atoms with Crippen molar-refractivity contribution < 1.29 is 0 Å². The molecule has 3 heterocycles. The van der Waals surface area contributed by atoms with Crippen LogP contribution in [0.2, 0.25) is 0 Å². The number of aromatic nitrogens is 1. The van der Waals surface area contributed by atoms with Gasteiger partial charge in [0.05, 0.1) is 39.5 Å². The lowest BCUT2D eigenvalue weighted by Crippen LogP contribution is -2.31. The fourth-order valence-electron chi connectivity index (χ4n) is 7.51. The highest BCUT2D eigenvalue weighted by atomic mass is 15.2. The lowest BCUT2D eigenvalue weighted by molar-refractivity contribution is 0.638. The van der Waals surface area contributed by atoms with E-state index in [-0.39, 0.29) is 5.41 Å². The molecule has 0 fully saturated rings. The third-order valence-corrected chi connectivity index (χ3v) is 9.21. The summed E-state index contributed by atoms with van der Waals surface area (Å²) in [7, 11) is 0. The van der Waals surface area contributed by atoms with Gasteiger partial charge in [-0.1, -0.05) is 98.8 Å². The van der Waals surface area contributed by atoms with Crippen LogP contribution in [0.1, 0.15) is 25.0 Å². The zero-order chi connectivity index (χ0) is 28.0. The van der Waals surface area contributed by atoms with Crippen molar-refractivity contribution in [3.05, 3.63) is 151 Å². The van der Waals surface area contributed by atoms with Crippen LogP contribution in [0.25, 0.3) is 27.5 Å². The van der Waals surface area contributed by atoms with E-state index >= 15 is 0 Å². The number of benzene rings is 6. The Kier molecular flexibility index (Phi) is 4.67. The normalized spacial score (nSPS) is 14.5. The van der Waals surface area contributed by atoms with E-state index in [4.69, 9.17) is 0 Å². The number of nitrogens with zero attached hydrogens (tertiary/aromatic N) is 3. The molecule has 0 aliphatic carbocycles. The Morgan fingerprint density at radius 1 is 0.476 bits per heavy atom. The minimum atomic E-state index is -0.223. The Bertz CT molecular complexity index is 2170. The molecule has 0 radical (unpaired) electrons. The highest BCUT2D eigenvalue weighted by Crippen LogP contribution is 2.59. The molecule has 0 amide bonds. The van der Waals surface area contributed by atoms with E-state index in [9.17, 15) is 0 Å². The topological polar surface area (TPSA) is 11.4 Å². The Morgan fingerprint density at radius 2 is 1.02 bits per heavy atom. The summed E-state index contributed by atoms with van der Waals surface area (Å²) in [6.45, 7) is 4.79. The van der Waals surface area contributed by atoms with Crippen LogP contribution >= 0.6 is 0 Å². The fourth-order valence-corrected chi connectivity index (χ4v) is 7.51. The molecule has 0 N–H and O–H groups in total. The molecule has 0 atom stereocenters. The Labute approximate surface area is 245 Å². The van der Waals surface area contributed by atoms with Crippen molar-refractivity contribution in [2.75, 3.05) is 9.80 Å². The van der Waals surface area contributed by atoms with E-state index in [2.05, 4.69) is 168 Å². The molecule has 0 unspecified atom stereocenters. The Morgan fingerprint density at radius 3 is 1.74 bits per heavy atom. The summed E-state index contributed by atoms with van der Waals surface area (Å²) in [5.41, 5.74) is 13.4. The van der Waals surface area contributed by atoms with E-state index in [0.29, 0.717) is 0 Å². The molecule has 2 aliphatic heterocycles. The van der Waals surface area contributed by atoms with Gasteiger partial charge >= 0.3 is 0 Å². The number of hydrogen-bond donors (Lipinski definition) is 0. The number of fused-ring (bicyclic) bond motifs is 8. The standard InChI is InChI=1S/C39H29N3/c1-39(2)29-20-10-12-22-31(29)40(26-15-5-3-6-16-26)34-25-35-38-36(37(34)39)28-19-9-11-21-30(28)42(38)33-24-14-13-23-32(33)41(35)27-17-7-4-8-18-27/h3-25H,1-2H3. The van der Waals surface area contributed by atoms with Gasteiger partial charge in [0.2, 0.25) is 0 Å². The first-order valence-electron chi connectivity index (χ1n) is 14.6. The number of rotatable bonds is 2. The molecule has 9 rings (SSSR count). The molecular formula is C39H29N3. The van der Waals surface area contributed by atoms with Gasteiger partial charge in [-0.25, -0.2) is 0 Å². The smallest absolute Gasteiger partial charge is 0.0787 e. The van der Waals surface area contributed by atoms with Crippen molar-refractivity contribution in [1.29, 1.82) is 0 Å². The molecule has 0 saturated heterocycles. The fraction of sp³-hybridized carbons (Fsp3) is 0.0769. The van der Waals surface area contributed by atoms with Crippen LogP contribution in [0.5, 0.6) is 0 Å². The van der Waals surface area contributed by atoms with Gasteiger partial charge in [-0.2, -0.15) is 0 Å². The quantitative estimate of drug-likeness (QED) is 0.216. The van der Waals surface area contributed by atoms with Crippen molar-refractivity contribution in [3.8, 4) is 5.69 Å². The predicted octanol–water partition coefficient (Wildman–Crippen LogP) is 10.7. The van der Waals surface area contributed by atoms with E-state index in [1.165, 1.54) is 67.1 Å². The van der Waals surface area contributed by atoms with Crippen LogP contribution in [0, 0.1) is 0 Å². The second-order valence-electron chi connectivity index (χ2n) is 11.8. The molecule has 0 saturated carbocycles. The zero-order valence-corrected chi connectivity index (χ0v) is 23.6. The molecule has 3 nitrogen and oxygen atoms in total. The van der Waals surface area contributed by atoms with Gasteiger partial charge in [-0.05, 0) is 65.7 Å². The lowest BCUT2D eigenvalue weighted by Gasteiger charge is -2.44. The van der Waals surface area contributed by atoms with Crippen LogP contribution in [0.4, 0.5) is 34.1 Å². The molecular weight excluding hydrogens is 510 g/mol. The first-order valence-corrected chi connectivity index (χ1v) is 14.6. The van der Waals surface area contributed by atoms with Crippen LogP contribution in [0.3, 0.4) is 0 Å². The first-order chi connectivity index (χ1) is 20.6. The maximum atomic E-state index is 2.50. The van der Waals surface area contributed by atoms with Gasteiger partial charge in [-0.3, -0.25) is 0 Å². The van der Waals surface area contributed by atoms with Crippen LogP contribution < -0.4 is 9.80 Å². The second kappa shape index (κ2) is 8.37. The molecule has 0 bridgehead atoms. The second-order valence-corrected chi connectivity index (χ2v) is 11.8. The molecule has 1 aromatic heterocycles. The van der Waals surface area contributed by atoms with E-state index in [1.807, 2.05) is 0 Å². The summed E-state index contributed by atoms with van der Waals surface area (Å²) in [6.07, 6.45) is 0. The SMILES string of the molecule is CC1(C)c2ccccc2N(c2ccccc2)c2cc3c4c(c21)c1ccccc1n4-c1ccccc1N3c1ccccc1. The van der Waals surface area contributed by atoms with Gasteiger partial charge in [0.25, 0.3) is 0 Å². The van der Waals surface area contributed by atoms with E-state index < -0.39 is 0 Å². The highest BCUT2D eigenvalue weighted by Gasteiger charge is 2.42. The van der Waals surface area contributed by atoms with Crippen LogP contribution in [-0.2, 0) is 5.41 Å². The van der Waals surface area contributed by atoms with Crippen molar-refractivity contribution in [2.24, 2.45) is 0 Å². The number of para-hydroxylation sites is 6. The lowest BCUT2D eigenvalue weighted by atomic mass is 9.71. The first kappa shape index (κ1) is 23.4. The van der Waals surface area contributed by atoms with E-state index in [1.54, 1.807) is 0 Å². The van der Waals surface area contributed by atoms with E-state index in [0.717, 1.165) is 5.69 Å². The van der Waals surface area contributed by atoms with Gasteiger partial charge in [0, 0.05) is 27.6 Å². The summed E-state index contributed by atoms with van der Waals surface area (Å²) >= 11 is 0. The average Bonchev–Trinajstić information content (AvgIpc) is 3.38. The minimum Gasteiger partial charge on any atom is -0.310 e. The highest BCUT2D eigenvalue weighted by molar-refractivity contribution is 6.21. The average molecular weight is 540 g/mol. The summed E-state index contributed by atoms with van der Waals surface area (Å²) in [5, 5.41) is 2.62. The maximum Gasteiger partial charge on any atom is 0.0787 e. The van der Waals surface area contributed by atoms with Gasteiger partial charge in [0.15, 0.2) is 0 Å². The molecule has 6 aromatic carbocycles. The Balaban J connectivity index is 1.52. The van der Waals surface area contributed by atoms with Crippen LogP contribution in [-0.4, -0.2) is 4.57 Å². The number of hydrogen-bond acceptors (Lipinski definition) is 2. The van der Waals surface area contributed by atoms with Crippen molar-refractivity contribution in [2.45, 2.75) is 19.3 Å². The maximum absolute atomic E-state index is 2.50. The van der Waals surface area contributed by atoms with Crippen molar-refractivity contribution in [1.82, 2.24) is 4.57 Å². The van der Waals surface area contributed by atoms with Crippen molar-refractivity contribution in [3.63, 3.8) is 0 Å². The summed E-state index contributed by atoms with van der Waals surface area (Å²) in [5.74, 6) is 0. The number of anilines is 6. The van der Waals surface area contributed by atoms with Gasteiger partial charge in [-0.15, -0.1) is 0 Å². The van der Waals surface area contributed by atoms with Gasteiger partial charge < -0.3 is 14.4 Å². The Hall–Kier alpha value is -5.28. The largest absolute Gasteiger partial charge is 0.310 e. The summed E-state index contributed by atoms with van der Waals surface area (Å²) in [6, 6.07) is 50.7. The molecule has 0 spiro atoms. The van der Waals surface area contributed by atoms with Crippen LogP contribution in [0.15, 0.2) is 140 Å². The third kappa shape index (κ3) is 2.95. The third-order valence-electron chi connectivity index (χ3n) is 9.21. The molecule has 7 aromatic rings. The minimum absolute atomic E-state index is 0.223. The molecule has 42 heavy (non-hydrogen) atoms. The zero-order valence-electron chi connectivity index (χ0n) is 23.6. The molecule has 3 heteroatoms. The summed E-state index contributed by atoms with van der Waals surface area (Å²) < 4.78 is 2.50. The monoisotopic (exact) mass is 539 g/mol. The molecule has 2 aliphatic rings. The predicted molar refractivity (Wildman–Crippen MR) is 176 cm³/mol. The van der Waals surface area contributed by atoms with Crippen molar-refractivity contribution >= 4 is 55.9 Å². The van der Waals surface area contributed by atoms with Gasteiger partial charge in [0.1, 0.15) is 0 Å². The summed E-state index contributed by atoms with van der Waals surface area (Å²) in [4.78, 5) is 4.93.